The number of amides is 1. The number of esters is 1. The summed E-state index contributed by atoms with van der Waals surface area (Å²) in [5.74, 6) is -1.74. The number of hydrogen-bond acceptors (Lipinski definition) is 5. The first-order valence-corrected chi connectivity index (χ1v) is 5.94. The molecular weight excluding hydrogens is 274 g/mol. The summed E-state index contributed by atoms with van der Waals surface area (Å²) in [7, 11) is 1.20. The molecule has 1 radical (unpaired) electrons. The average Bonchev–Trinajstić information content (AvgIpc) is 2.47. The van der Waals surface area contributed by atoms with E-state index >= 15 is 0 Å². The number of carbonyl (C=O) groups excluding carboxylic acids is 2. The summed E-state index contributed by atoms with van der Waals surface area (Å²) in [6.45, 7) is 0. The molecule has 0 spiro atoms. The molecule has 0 bridgehead atoms. The number of hydrogen-bond donors (Lipinski definition) is 3. The van der Waals surface area contributed by atoms with E-state index in [9.17, 15) is 19.8 Å². The Morgan fingerprint density at radius 3 is 2.52 bits per heavy atom. The van der Waals surface area contributed by atoms with Gasteiger partial charge in [0, 0.05) is 11.8 Å². The lowest BCUT2D eigenvalue weighted by atomic mass is 10.1. The highest BCUT2D eigenvalue weighted by Gasteiger charge is 2.14. The minimum absolute atomic E-state index is 0.00797. The van der Waals surface area contributed by atoms with E-state index < -0.39 is 11.9 Å². The fourth-order valence-corrected chi connectivity index (χ4v) is 1.69. The van der Waals surface area contributed by atoms with E-state index in [-0.39, 0.29) is 28.3 Å². The maximum Gasteiger partial charge on any atom is 0.341 e. The second-order valence-corrected chi connectivity index (χ2v) is 4.12. The first-order valence-electron chi connectivity index (χ1n) is 5.94. The number of nitrogens with one attached hydrogen (secondary N) is 1. The van der Waals surface area contributed by atoms with Crippen LogP contribution in [0.5, 0.6) is 11.5 Å². The van der Waals surface area contributed by atoms with Gasteiger partial charge in [-0.1, -0.05) is 6.07 Å². The number of ether oxygens (including phenoxy) is 1. The molecule has 1 amide bonds. The summed E-state index contributed by atoms with van der Waals surface area (Å²) in [5.41, 5.74) is 0.314. The minimum atomic E-state index is -0.680. The molecule has 107 valence electrons. The van der Waals surface area contributed by atoms with Crippen molar-refractivity contribution in [3.8, 4) is 11.5 Å². The van der Waals surface area contributed by atoms with E-state index in [0.29, 0.717) is 0 Å². The van der Waals surface area contributed by atoms with Crippen LogP contribution in [0.1, 0.15) is 20.7 Å². The maximum atomic E-state index is 12.0. The van der Waals surface area contributed by atoms with Crippen molar-refractivity contribution in [1.29, 1.82) is 0 Å². The summed E-state index contributed by atoms with van der Waals surface area (Å²) in [5, 5.41) is 21.8. The highest BCUT2D eigenvalue weighted by Crippen LogP contribution is 2.24. The Balaban J connectivity index is 2.21. The van der Waals surface area contributed by atoms with Crippen molar-refractivity contribution in [2.75, 3.05) is 12.4 Å². The number of anilines is 1. The fourth-order valence-electron chi connectivity index (χ4n) is 1.69. The Morgan fingerprint density at radius 2 is 1.90 bits per heavy atom. The summed E-state index contributed by atoms with van der Waals surface area (Å²) in [6, 6.07) is 10.8. The van der Waals surface area contributed by atoms with Crippen molar-refractivity contribution < 1.29 is 24.5 Å². The normalized spacial score (nSPS) is 9.95. The van der Waals surface area contributed by atoms with Crippen LogP contribution in [0.4, 0.5) is 5.69 Å². The number of methoxy groups -OCH3 is 1. The molecule has 0 aliphatic carbocycles. The summed E-state index contributed by atoms with van der Waals surface area (Å²) in [4.78, 5) is 23.3. The Morgan fingerprint density at radius 1 is 1.14 bits per heavy atom. The zero-order valence-electron chi connectivity index (χ0n) is 11.1. The molecule has 2 aromatic carbocycles. The number of carbonyl (C=O) groups is 2. The van der Waals surface area contributed by atoms with Gasteiger partial charge >= 0.3 is 5.97 Å². The van der Waals surface area contributed by atoms with Gasteiger partial charge in [-0.3, -0.25) is 4.79 Å². The summed E-state index contributed by atoms with van der Waals surface area (Å²) < 4.78 is 4.50. The van der Waals surface area contributed by atoms with E-state index in [4.69, 9.17) is 0 Å². The predicted molar refractivity (Wildman–Crippen MR) is 74.3 cm³/mol. The third-order valence-corrected chi connectivity index (χ3v) is 2.75. The SMILES string of the molecule is COC(=O)c1ccc(NC(=O)c2c[c]ccc2O)cc1O. The van der Waals surface area contributed by atoms with Gasteiger partial charge in [0.25, 0.3) is 5.91 Å². The van der Waals surface area contributed by atoms with Gasteiger partial charge in [0.1, 0.15) is 17.1 Å². The molecule has 0 saturated carbocycles. The van der Waals surface area contributed by atoms with Gasteiger partial charge in [0.2, 0.25) is 0 Å². The third kappa shape index (κ3) is 3.11. The molecule has 0 fully saturated rings. The van der Waals surface area contributed by atoms with E-state index in [1.54, 1.807) is 0 Å². The Hall–Kier alpha value is -3.02. The smallest absolute Gasteiger partial charge is 0.341 e. The lowest BCUT2D eigenvalue weighted by molar-refractivity contribution is 0.0597. The van der Waals surface area contributed by atoms with Gasteiger partial charge in [0.15, 0.2) is 0 Å². The number of rotatable bonds is 3. The molecule has 0 unspecified atom stereocenters. The van der Waals surface area contributed by atoms with Gasteiger partial charge in [-0.05, 0) is 30.3 Å². The van der Waals surface area contributed by atoms with Crippen molar-refractivity contribution in [3.63, 3.8) is 0 Å². The largest absolute Gasteiger partial charge is 0.507 e. The first kappa shape index (κ1) is 14.4. The molecule has 0 aliphatic heterocycles. The van der Waals surface area contributed by atoms with Crippen LogP contribution in [0.2, 0.25) is 0 Å². The van der Waals surface area contributed by atoms with Crippen molar-refractivity contribution in [2.45, 2.75) is 0 Å². The molecule has 0 saturated heterocycles. The van der Waals surface area contributed by atoms with Crippen LogP contribution in [0.25, 0.3) is 0 Å². The summed E-state index contributed by atoms with van der Waals surface area (Å²) in [6.07, 6.45) is 0. The quantitative estimate of drug-likeness (QED) is 0.749. The van der Waals surface area contributed by atoms with Crippen LogP contribution in [0.3, 0.4) is 0 Å². The number of phenols is 2. The van der Waals surface area contributed by atoms with Gasteiger partial charge in [-0.25, -0.2) is 4.79 Å². The van der Waals surface area contributed by atoms with Crippen LogP contribution < -0.4 is 5.32 Å². The highest BCUT2D eigenvalue weighted by atomic mass is 16.5. The molecule has 6 heteroatoms. The molecule has 6 nitrogen and oxygen atoms in total. The average molecular weight is 286 g/mol. The molecule has 0 aromatic heterocycles. The zero-order valence-corrected chi connectivity index (χ0v) is 11.1. The third-order valence-electron chi connectivity index (χ3n) is 2.75. The first-order chi connectivity index (χ1) is 10.0. The van der Waals surface area contributed by atoms with E-state index in [2.05, 4.69) is 16.1 Å². The van der Waals surface area contributed by atoms with Gasteiger partial charge in [-0.15, -0.1) is 0 Å². The predicted octanol–water partition coefficient (Wildman–Crippen LogP) is 1.94. The minimum Gasteiger partial charge on any atom is -0.507 e. The van der Waals surface area contributed by atoms with Crippen molar-refractivity contribution in [1.82, 2.24) is 0 Å². The molecular formula is C15H12NO5. The van der Waals surface area contributed by atoms with Gasteiger partial charge in [0.05, 0.1) is 12.7 Å². The Labute approximate surface area is 120 Å². The lowest BCUT2D eigenvalue weighted by Gasteiger charge is -2.08. The van der Waals surface area contributed by atoms with Gasteiger partial charge in [-0.2, -0.15) is 0 Å². The fraction of sp³-hybridized carbons (Fsp3) is 0.0667. The van der Waals surface area contributed by atoms with Crippen molar-refractivity contribution in [3.05, 3.63) is 53.6 Å². The molecule has 0 heterocycles. The van der Waals surface area contributed by atoms with Crippen LogP contribution in [0, 0.1) is 6.07 Å². The Bertz CT molecular complexity index is 696. The van der Waals surface area contributed by atoms with E-state index in [0.717, 1.165) is 0 Å². The van der Waals surface area contributed by atoms with Crippen molar-refractivity contribution >= 4 is 17.6 Å². The number of benzene rings is 2. The standard InChI is InChI=1S/C15H12NO5/c1-21-15(20)11-7-6-9(8-13(11)18)16-14(19)10-4-2-3-5-12(10)17/h3-8,17-18H,1H3,(H,16,19). The monoisotopic (exact) mass is 286 g/mol. The lowest BCUT2D eigenvalue weighted by Crippen LogP contribution is -2.12. The van der Waals surface area contributed by atoms with E-state index in [1.807, 2.05) is 0 Å². The zero-order chi connectivity index (χ0) is 15.4. The molecule has 0 aliphatic rings. The van der Waals surface area contributed by atoms with Crippen LogP contribution in [-0.2, 0) is 4.74 Å². The number of phenolic OH excluding ortho intramolecular Hbond substituents is 2. The van der Waals surface area contributed by atoms with Crippen molar-refractivity contribution in [2.24, 2.45) is 0 Å². The van der Waals surface area contributed by atoms with Crippen LogP contribution in [-0.4, -0.2) is 29.2 Å². The molecule has 21 heavy (non-hydrogen) atoms. The second-order valence-electron chi connectivity index (χ2n) is 4.12. The summed E-state index contributed by atoms with van der Waals surface area (Å²) >= 11 is 0. The van der Waals surface area contributed by atoms with Crippen LogP contribution in [0.15, 0.2) is 36.4 Å². The Kier molecular flexibility index (Phi) is 4.08. The highest BCUT2D eigenvalue weighted by molar-refractivity contribution is 6.06. The topological polar surface area (TPSA) is 95.9 Å². The maximum absolute atomic E-state index is 12.0. The molecule has 2 aromatic rings. The van der Waals surface area contributed by atoms with Crippen LogP contribution >= 0.6 is 0 Å². The molecule has 3 N–H and O–H groups in total. The van der Waals surface area contributed by atoms with Gasteiger partial charge < -0.3 is 20.3 Å². The molecule has 2 rings (SSSR count). The molecule has 0 atom stereocenters. The number of aromatic hydroxyl groups is 2. The second kappa shape index (κ2) is 5.96. The van der Waals surface area contributed by atoms with E-state index in [1.165, 1.54) is 43.5 Å².